The predicted molar refractivity (Wildman–Crippen MR) is 79.5 cm³/mol. The minimum Gasteiger partial charge on any atom is -0.467 e. The molecule has 0 atom stereocenters. The molecule has 0 saturated carbocycles. The molecule has 0 bridgehead atoms. The molecule has 102 valence electrons. The number of thiophene rings is 1. The van der Waals surface area contributed by atoms with E-state index in [-0.39, 0.29) is 0 Å². The van der Waals surface area contributed by atoms with E-state index in [1.165, 1.54) is 4.88 Å². The summed E-state index contributed by atoms with van der Waals surface area (Å²) in [6, 6.07) is 8.04. The Morgan fingerprint density at radius 3 is 2.95 bits per heavy atom. The first-order chi connectivity index (χ1) is 9.38. The van der Waals surface area contributed by atoms with Crippen molar-refractivity contribution in [3.63, 3.8) is 0 Å². The molecule has 0 amide bonds. The lowest BCUT2D eigenvalue weighted by Gasteiger charge is -2.10. The average Bonchev–Trinajstić information content (AvgIpc) is 3.09. The van der Waals surface area contributed by atoms with Gasteiger partial charge in [0.2, 0.25) is 0 Å². The molecule has 4 nitrogen and oxygen atoms in total. The van der Waals surface area contributed by atoms with Gasteiger partial charge in [0.1, 0.15) is 12.3 Å². The van der Waals surface area contributed by atoms with Crippen molar-refractivity contribution in [2.75, 3.05) is 13.1 Å². The highest BCUT2D eigenvalue weighted by molar-refractivity contribution is 7.09. The Bertz CT molecular complexity index is 477. The Morgan fingerprint density at radius 2 is 2.26 bits per heavy atom. The number of guanidine groups is 1. The van der Waals surface area contributed by atoms with Gasteiger partial charge in [0.25, 0.3) is 0 Å². The van der Waals surface area contributed by atoms with Crippen LogP contribution in [0.15, 0.2) is 45.3 Å². The van der Waals surface area contributed by atoms with E-state index < -0.39 is 0 Å². The number of aliphatic imine (C=N–C) groups is 1. The summed E-state index contributed by atoms with van der Waals surface area (Å²) in [6.07, 6.45) is 2.69. The predicted octanol–water partition coefficient (Wildman–Crippen LogP) is 2.64. The van der Waals surface area contributed by atoms with E-state index in [1.807, 2.05) is 12.1 Å². The van der Waals surface area contributed by atoms with Crippen LogP contribution in [-0.2, 0) is 13.0 Å². The van der Waals surface area contributed by atoms with Crippen molar-refractivity contribution in [1.29, 1.82) is 0 Å². The smallest absolute Gasteiger partial charge is 0.191 e. The molecule has 0 aromatic carbocycles. The van der Waals surface area contributed by atoms with Gasteiger partial charge < -0.3 is 15.1 Å². The van der Waals surface area contributed by atoms with Crippen LogP contribution >= 0.6 is 11.3 Å². The monoisotopic (exact) mass is 277 g/mol. The van der Waals surface area contributed by atoms with Crippen molar-refractivity contribution in [2.24, 2.45) is 4.99 Å². The molecular formula is C14H19N3OS. The summed E-state index contributed by atoms with van der Waals surface area (Å²) in [7, 11) is 0. The second kappa shape index (κ2) is 7.63. The first-order valence-corrected chi connectivity index (χ1v) is 7.33. The molecule has 0 aliphatic carbocycles. The first kappa shape index (κ1) is 13.7. The molecule has 0 aliphatic rings. The Labute approximate surface area is 117 Å². The molecule has 2 rings (SSSR count). The van der Waals surface area contributed by atoms with E-state index in [1.54, 1.807) is 17.6 Å². The van der Waals surface area contributed by atoms with Crippen LogP contribution < -0.4 is 10.6 Å². The molecule has 0 fully saturated rings. The van der Waals surface area contributed by atoms with Crippen LogP contribution in [0, 0.1) is 0 Å². The van der Waals surface area contributed by atoms with Gasteiger partial charge in [-0.2, -0.15) is 0 Å². The largest absolute Gasteiger partial charge is 0.467 e. The van der Waals surface area contributed by atoms with E-state index in [0.29, 0.717) is 6.54 Å². The van der Waals surface area contributed by atoms with Gasteiger partial charge >= 0.3 is 0 Å². The average molecular weight is 277 g/mol. The van der Waals surface area contributed by atoms with Crippen molar-refractivity contribution >= 4 is 17.3 Å². The Morgan fingerprint density at radius 1 is 1.32 bits per heavy atom. The molecule has 2 N–H and O–H groups in total. The van der Waals surface area contributed by atoms with Crippen LogP contribution in [0.5, 0.6) is 0 Å². The highest BCUT2D eigenvalue weighted by Crippen LogP contribution is 2.08. The number of nitrogens with zero attached hydrogens (tertiary/aromatic N) is 1. The zero-order valence-corrected chi connectivity index (χ0v) is 11.9. The lowest BCUT2D eigenvalue weighted by atomic mass is 10.3. The van der Waals surface area contributed by atoms with Crippen LogP contribution in [-0.4, -0.2) is 19.0 Å². The van der Waals surface area contributed by atoms with E-state index in [0.717, 1.165) is 31.2 Å². The van der Waals surface area contributed by atoms with Gasteiger partial charge in [-0.25, -0.2) is 4.99 Å². The summed E-state index contributed by atoms with van der Waals surface area (Å²) in [5.41, 5.74) is 0. The third kappa shape index (κ3) is 4.79. The van der Waals surface area contributed by atoms with E-state index in [2.05, 4.69) is 40.1 Å². The number of nitrogens with one attached hydrogen (secondary N) is 2. The van der Waals surface area contributed by atoms with Gasteiger partial charge in [0.05, 0.1) is 6.26 Å². The van der Waals surface area contributed by atoms with Crippen LogP contribution in [0.3, 0.4) is 0 Å². The van der Waals surface area contributed by atoms with Crippen molar-refractivity contribution in [3.8, 4) is 0 Å². The van der Waals surface area contributed by atoms with Crippen molar-refractivity contribution in [3.05, 3.63) is 46.5 Å². The molecular weight excluding hydrogens is 258 g/mol. The van der Waals surface area contributed by atoms with E-state index in [4.69, 9.17) is 4.42 Å². The normalized spacial score (nSPS) is 11.5. The first-order valence-electron chi connectivity index (χ1n) is 6.45. The maximum absolute atomic E-state index is 5.26. The van der Waals surface area contributed by atoms with Crippen LogP contribution in [0.2, 0.25) is 0 Å². The Balaban J connectivity index is 1.79. The molecule has 19 heavy (non-hydrogen) atoms. The van der Waals surface area contributed by atoms with Gasteiger partial charge in [-0.3, -0.25) is 0 Å². The van der Waals surface area contributed by atoms with Gasteiger partial charge in [-0.1, -0.05) is 6.07 Å². The van der Waals surface area contributed by atoms with Crippen LogP contribution in [0.25, 0.3) is 0 Å². The number of hydrogen-bond acceptors (Lipinski definition) is 3. The zero-order valence-electron chi connectivity index (χ0n) is 11.1. The second-order valence-corrected chi connectivity index (χ2v) is 5.06. The van der Waals surface area contributed by atoms with Crippen LogP contribution in [0.1, 0.15) is 17.6 Å². The van der Waals surface area contributed by atoms with Crippen molar-refractivity contribution in [2.45, 2.75) is 19.9 Å². The second-order valence-electron chi connectivity index (χ2n) is 4.03. The topological polar surface area (TPSA) is 49.6 Å². The molecule has 2 heterocycles. The third-order valence-electron chi connectivity index (χ3n) is 2.56. The lowest BCUT2D eigenvalue weighted by molar-refractivity contribution is 0.512. The number of furan rings is 1. The standard InChI is InChI=1S/C14H19N3OS/c1-2-15-14(17-11-12-5-3-9-18-12)16-8-7-13-6-4-10-19-13/h3-6,9-10H,2,7-8,11H2,1H3,(H2,15,16,17). The summed E-state index contributed by atoms with van der Waals surface area (Å²) in [5.74, 6) is 1.70. The van der Waals surface area contributed by atoms with Crippen molar-refractivity contribution < 1.29 is 4.42 Å². The molecule has 0 aliphatic heterocycles. The highest BCUT2D eigenvalue weighted by atomic mass is 32.1. The molecule has 0 radical (unpaired) electrons. The fourth-order valence-electron chi connectivity index (χ4n) is 1.66. The molecule has 2 aromatic rings. The zero-order chi connectivity index (χ0) is 13.3. The summed E-state index contributed by atoms with van der Waals surface area (Å²) in [4.78, 5) is 5.86. The van der Waals surface area contributed by atoms with E-state index in [9.17, 15) is 0 Å². The summed E-state index contributed by atoms with van der Waals surface area (Å²) in [6.45, 7) is 4.35. The quantitative estimate of drug-likeness (QED) is 0.630. The fraction of sp³-hybridized carbons (Fsp3) is 0.357. The fourth-order valence-corrected chi connectivity index (χ4v) is 2.37. The summed E-state index contributed by atoms with van der Waals surface area (Å²) < 4.78 is 5.26. The molecule has 0 unspecified atom stereocenters. The maximum atomic E-state index is 5.26. The van der Waals surface area contributed by atoms with Crippen molar-refractivity contribution in [1.82, 2.24) is 10.6 Å². The summed E-state index contributed by atoms with van der Waals surface area (Å²) in [5, 5.41) is 8.65. The van der Waals surface area contributed by atoms with Gasteiger partial charge in [-0.05, 0) is 36.9 Å². The van der Waals surface area contributed by atoms with Gasteiger partial charge in [-0.15, -0.1) is 11.3 Å². The SMILES string of the molecule is CCNC(=NCc1ccco1)NCCc1cccs1. The van der Waals surface area contributed by atoms with Crippen LogP contribution in [0.4, 0.5) is 0 Å². The number of rotatable bonds is 6. The molecule has 0 saturated heterocycles. The Kier molecular flexibility index (Phi) is 5.49. The maximum Gasteiger partial charge on any atom is 0.191 e. The van der Waals surface area contributed by atoms with Gasteiger partial charge in [0, 0.05) is 18.0 Å². The lowest BCUT2D eigenvalue weighted by Crippen LogP contribution is -2.38. The van der Waals surface area contributed by atoms with Gasteiger partial charge in [0.15, 0.2) is 5.96 Å². The third-order valence-corrected chi connectivity index (χ3v) is 3.50. The minimum absolute atomic E-state index is 0.557. The highest BCUT2D eigenvalue weighted by Gasteiger charge is 1.99. The van der Waals surface area contributed by atoms with E-state index >= 15 is 0 Å². The minimum atomic E-state index is 0.557. The Hall–Kier alpha value is -1.75. The summed E-state index contributed by atoms with van der Waals surface area (Å²) >= 11 is 1.78. The molecule has 2 aromatic heterocycles. The molecule has 0 spiro atoms. The number of hydrogen-bond donors (Lipinski definition) is 2. The molecule has 5 heteroatoms.